The predicted molar refractivity (Wildman–Crippen MR) is 47.6 cm³/mol. The van der Waals surface area contributed by atoms with Crippen molar-refractivity contribution in [1.29, 1.82) is 0 Å². The average molecular weight is 245 g/mol. The summed E-state index contributed by atoms with van der Waals surface area (Å²) in [7, 11) is 0. The monoisotopic (exact) mass is 245 g/mol. The Hall–Kier alpha value is 0.690. The number of aliphatic imine (C=N–C) groups is 1. The molecule has 8 heavy (non-hydrogen) atoms. The third-order valence-corrected chi connectivity index (χ3v) is 1.28. The average Bonchev–Trinajstić information content (AvgIpc) is 1.81. The Kier molecular flexibility index (Phi) is 8.35. The first kappa shape index (κ1) is 8.69. The van der Waals surface area contributed by atoms with E-state index in [0.29, 0.717) is 0 Å². The van der Waals surface area contributed by atoms with E-state index >= 15 is 0 Å². The molecule has 0 saturated heterocycles. The zero-order valence-electron chi connectivity index (χ0n) is 4.61. The fraction of sp³-hybridized carbons (Fsp3) is 0.800. The van der Waals surface area contributed by atoms with Gasteiger partial charge in [0.1, 0.15) is 0 Å². The predicted octanol–water partition coefficient (Wildman–Crippen LogP) is 2.12. The molecule has 0 aliphatic carbocycles. The lowest BCUT2D eigenvalue weighted by molar-refractivity contribution is 0.943. The molecule has 3 heteroatoms. The molecule has 0 aliphatic heterocycles. The van der Waals surface area contributed by atoms with Crippen LogP contribution in [0, 0.1) is 0 Å². The van der Waals surface area contributed by atoms with Crippen LogP contribution in [-0.2, 0) is 0 Å². The molecule has 0 aromatic carbocycles. The molecular weight excluding hydrogens is 236 g/mol. The zero-order chi connectivity index (χ0) is 6.24. The van der Waals surface area contributed by atoms with Crippen molar-refractivity contribution in [3.8, 4) is 0 Å². The summed E-state index contributed by atoms with van der Waals surface area (Å²) in [6, 6.07) is 0. The van der Waals surface area contributed by atoms with Crippen LogP contribution in [0.5, 0.6) is 0 Å². The van der Waals surface area contributed by atoms with Crippen LogP contribution >= 0.6 is 34.2 Å². The summed E-state index contributed by atoms with van der Waals surface area (Å²) in [5.41, 5.74) is 0. The van der Waals surface area contributed by atoms with Crippen molar-refractivity contribution in [1.82, 2.24) is 0 Å². The molecule has 0 amide bonds. The Morgan fingerprint density at radius 1 is 1.62 bits per heavy atom. The quantitative estimate of drug-likeness (QED) is 0.311. The van der Waals surface area contributed by atoms with Crippen molar-refractivity contribution in [3.05, 3.63) is 0 Å². The Balaban J connectivity index is 2.80. The third-order valence-electron chi connectivity index (χ3n) is 0.619. The minimum absolute atomic E-state index is 0.721. The largest absolute Gasteiger partial charge is 0.297 e. The van der Waals surface area contributed by atoms with Crippen LogP contribution in [0.25, 0.3) is 0 Å². The second kappa shape index (κ2) is 7.69. The van der Waals surface area contributed by atoms with E-state index in [0.717, 1.165) is 23.3 Å². The number of halogens is 2. The van der Waals surface area contributed by atoms with Crippen molar-refractivity contribution >= 4 is 40.4 Å². The molecule has 0 radical (unpaired) electrons. The van der Waals surface area contributed by atoms with Gasteiger partial charge >= 0.3 is 0 Å². The molecular formula is C5H9ClIN. The maximum Gasteiger partial charge on any atom is 0.0397 e. The summed E-state index contributed by atoms with van der Waals surface area (Å²) in [6.45, 7) is 0.881. The first-order valence-corrected chi connectivity index (χ1v) is 4.58. The Morgan fingerprint density at radius 2 is 2.38 bits per heavy atom. The van der Waals surface area contributed by atoms with Gasteiger partial charge in [-0.1, -0.05) is 22.6 Å². The van der Waals surface area contributed by atoms with E-state index in [4.69, 9.17) is 11.6 Å². The van der Waals surface area contributed by atoms with Crippen molar-refractivity contribution in [2.24, 2.45) is 4.99 Å². The lowest BCUT2D eigenvalue weighted by Gasteiger charge is -1.84. The van der Waals surface area contributed by atoms with Crippen LogP contribution < -0.4 is 0 Å². The minimum atomic E-state index is 0.721. The second-order valence-electron chi connectivity index (χ2n) is 1.29. The van der Waals surface area contributed by atoms with Gasteiger partial charge in [0.25, 0.3) is 0 Å². The highest BCUT2D eigenvalue weighted by Gasteiger charge is 1.76. The smallest absolute Gasteiger partial charge is 0.0397 e. The number of alkyl halides is 2. The second-order valence-corrected chi connectivity index (χ2v) is 2.54. The highest BCUT2D eigenvalue weighted by atomic mass is 127. The van der Waals surface area contributed by atoms with Gasteiger partial charge in [0, 0.05) is 23.1 Å². The Labute approximate surface area is 68.7 Å². The van der Waals surface area contributed by atoms with E-state index < -0.39 is 0 Å². The lowest BCUT2D eigenvalue weighted by atomic mass is 10.5. The van der Waals surface area contributed by atoms with Gasteiger partial charge in [-0.25, -0.2) is 0 Å². The highest BCUT2D eigenvalue weighted by Crippen LogP contribution is 1.84. The summed E-state index contributed by atoms with van der Waals surface area (Å²) in [5.74, 6) is 0.721. The minimum Gasteiger partial charge on any atom is -0.297 e. The molecule has 0 aliphatic rings. The van der Waals surface area contributed by atoms with Gasteiger partial charge in [0.15, 0.2) is 0 Å². The molecule has 0 heterocycles. The molecule has 0 unspecified atom stereocenters. The first-order chi connectivity index (χ1) is 3.91. The number of hydrogen-bond donors (Lipinski definition) is 0. The van der Waals surface area contributed by atoms with Crippen LogP contribution in [-0.4, -0.2) is 23.1 Å². The molecule has 0 aromatic rings. The molecule has 0 bridgehead atoms. The van der Waals surface area contributed by atoms with Crippen molar-refractivity contribution < 1.29 is 0 Å². The van der Waals surface area contributed by atoms with Crippen molar-refractivity contribution in [2.45, 2.75) is 6.42 Å². The third kappa shape index (κ3) is 6.69. The van der Waals surface area contributed by atoms with Gasteiger partial charge in [0.2, 0.25) is 0 Å². The van der Waals surface area contributed by atoms with Gasteiger partial charge in [0.05, 0.1) is 0 Å². The van der Waals surface area contributed by atoms with E-state index in [1.165, 1.54) is 0 Å². The lowest BCUT2D eigenvalue weighted by Crippen LogP contribution is -1.82. The highest BCUT2D eigenvalue weighted by molar-refractivity contribution is 14.1. The normalized spacial score (nSPS) is 10.8. The maximum atomic E-state index is 5.40. The van der Waals surface area contributed by atoms with Gasteiger partial charge in [-0.05, 0) is 6.42 Å². The molecule has 0 rings (SSSR count). The van der Waals surface area contributed by atoms with Gasteiger partial charge < -0.3 is 0 Å². The maximum absolute atomic E-state index is 5.40. The summed E-state index contributed by atoms with van der Waals surface area (Å²) < 4.78 is 1.00. The molecule has 0 fully saturated rings. The van der Waals surface area contributed by atoms with Gasteiger partial charge in [-0.3, -0.25) is 4.99 Å². The van der Waals surface area contributed by atoms with E-state index in [2.05, 4.69) is 27.6 Å². The number of nitrogens with zero attached hydrogens (tertiary/aromatic N) is 1. The van der Waals surface area contributed by atoms with Crippen LogP contribution in [0.15, 0.2) is 4.99 Å². The van der Waals surface area contributed by atoms with Crippen LogP contribution in [0.2, 0.25) is 0 Å². The van der Waals surface area contributed by atoms with Gasteiger partial charge in [-0.2, -0.15) is 0 Å². The summed E-state index contributed by atoms with van der Waals surface area (Å²) >= 11 is 7.66. The van der Waals surface area contributed by atoms with Gasteiger partial charge in [-0.15, -0.1) is 11.6 Å². The summed E-state index contributed by atoms with van der Waals surface area (Å²) in [6.07, 6.45) is 2.90. The van der Waals surface area contributed by atoms with Crippen molar-refractivity contribution in [3.63, 3.8) is 0 Å². The van der Waals surface area contributed by atoms with Crippen LogP contribution in [0.3, 0.4) is 0 Å². The first-order valence-electron chi connectivity index (χ1n) is 2.52. The van der Waals surface area contributed by atoms with Crippen LogP contribution in [0.4, 0.5) is 0 Å². The molecule has 0 aromatic heterocycles. The molecule has 0 saturated carbocycles. The SMILES string of the molecule is ClCCC/N=C\CI. The Bertz CT molecular complexity index is 65.4. The molecule has 0 N–H and O–H groups in total. The molecule has 0 spiro atoms. The Morgan fingerprint density at radius 3 is 2.88 bits per heavy atom. The fourth-order valence-corrected chi connectivity index (χ4v) is 0.689. The van der Waals surface area contributed by atoms with E-state index in [9.17, 15) is 0 Å². The molecule has 0 atom stereocenters. The zero-order valence-corrected chi connectivity index (χ0v) is 7.52. The number of rotatable bonds is 4. The van der Waals surface area contributed by atoms with E-state index in [1.807, 2.05) is 6.21 Å². The fourth-order valence-electron chi connectivity index (χ4n) is 0.291. The molecule has 1 nitrogen and oxygen atoms in total. The van der Waals surface area contributed by atoms with Crippen LogP contribution in [0.1, 0.15) is 6.42 Å². The summed E-state index contributed by atoms with van der Waals surface area (Å²) in [5, 5.41) is 0. The van der Waals surface area contributed by atoms with E-state index in [-0.39, 0.29) is 0 Å². The van der Waals surface area contributed by atoms with E-state index in [1.54, 1.807) is 0 Å². The standard InChI is InChI=1S/C5H9ClIN/c6-2-1-4-8-5-3-7/h5H,1-4H2/b8-5-. The summed E-state index contributed by atoms with van der Waals surface area (Å²) in [4.78, 5) is 4.06. The number of hydrogen-bond acceptors (Lipinski definition) is 1. The van der Waals surface area contributed by atoms with Crippen molar-refractivity contribution in [2.75, 3.05) is 16.9 Å². The molecule has 48 valence electrons. The topological polar surface area (TPSA) is 12.4 Å².